The van der Waals surface area contributed by atoms with E-state index < -0.39 is 0 Å². The third-order valence-corrected chi connectivity index (χ3v) is 3.46. The fourth-order valence-corrected chi connectivity index (χ4v) is 1.75. The molecule has 0 aromatic heterocycles. The second-order valence-corrected chi connectivity index (χ2v) is 9.46. The molecule has 0 rings (SSSR count). The summed E-state index contributed by atoms with van der Waals surface area (Å²) in [5.41, 5.74) is 0. The molecule has 0 aromatic carbocycles. The van der Waals surface area contributed by atoms with E-state index in [-0.39, 0.29) is 5.92 Å². The topological polar surface area (TPSA) is 17.1 Å². The highest BCUT2D eigenvalue weighted by atomic mass is 16.1. The highest BCUT2D eigenvalue weighted by Crippen LogP contribution is 2.09. The molecule has 25 heavy (non-hydrogen) atoms. The van der Waals surface area contributed by atoms with E-state index in [1.54, 1.807) is 0 Å². The number of carbonyl (C=O) groups is 1. The van der Waals surface area contributed by atoms with Gasteiger partial charge in [0.15, 0.2) is 0 Å². The SMILES string of the molecule is CC(C)C=CC(C)C.CC(C)CC(=O)C(C)C.CC(C)CCC(C)C. The molecule has 0 saturated heterocycles. The van der Waals surface area contributed by atoms with Gasteiger partial charge >= 0.3 is 0 Å². The number of ketones is 1. The van der Waals surface area contributed by atoms with Crippen LogP contribution in [0.15, 0.2) is 12.2 Å². The molecule has 0 atom stereocenters. The third kappa shape index (κ3) is 35.4. The molecule has 0 aliphatic heterocycles. The summed E-state index contributed by atoms with van der Waals surface area (Å²) in [5, 5.41) is 0. The molecule has 1 nitrogen and oxygen atoms in total. The van der Waals surface area contributed by atoms with Gasteiger partial charge in [-0.05, 0) is 29.6 Å². The average molecular weight is 355 g/mol. The highest BCUT2D eigenvalue weighted by molar-refractivity contribution is 5.80. The highest BCUT2D eigenvalue weighted by Gasteiger charge is 2.07. The third-order valence-electron chi connectivity index (χ3n) is 3.46. The molecule has 0 aliphatic carbocycles. The molecule has 0 radical (unpaired) electrons. The van der Waals surface area contributed by atoms with E-state index >= 15 is 0 Å². The van der Waals surface area contributed by atoms with Gasteiger partial charge in [0.1, 0.15) is 5.78 Å². The molecule has 0 N–H and O–H groups in total. The Morgan fingerprint density at radius 3 is 1.04 bits per heavy atom. The lowest BCUT2D eigenvalue weighted by Gasteiger charge is -2.05. The van der Waals surface area contributed by atoms with Gasteiger partial charge in [0.25, 0.3) is 0 Å². The minimum atomic E-state index is 0.215. The van der Waals surface area contributed by atoms with E-state index in [4.69, 9.17) is 0 Å². The summed E-state index contributed by atoms with van der Waals surface area (Å²) >= 11 is 0. The molecule has 0 heterocycles. The molecular weight excluding hydrogens is 304 g/mol. The second-order valence-electron chi connectivity index (χ2n) is 9.46. The van der Waals surface area contributed by atoms with Crippen molar-refractivity contribution < 1.29 is 4.79 Å². The van der Waals surface area contributed by atoms with E-state index in [0.717, 1.165) is 18.3 Å². The first-order valence-corrected chi connectivity index (χ1v) is 10.5. The maximum Gasteiger partial charge on any atom is 0.135 e. The van der Waals surface area contributed by atoms with Gasteiger partial charge in [-0.1, -0.05) is 108 Å². The van der Waals surface area contributed by atoms with E-state index in [9.17, 15) is 4.79 Å². The Bertz CT molecular complexity index is 288. The Morgan fingerprint density at radius 1 is 0.600 bits per heavy atom. The molecule has 1 heteroatoms. The molecular formula is C24H50O. The maximum absolute atomic E-state index is 11.0. The van der Waals surface area contributed by atoms with E-state index in [2.05, 4.69) is 81.4 Å². The van der Waals surface area contributed by atoms with Gasteiger partial charge in [-0.3, -0.25) is 4.79 Å². The Labute approximate surface area is 161 Å². The van der Waals surface area contributed by atoms with Crippen LogP contribution in [0.4, 0.5) is 0 Å². The minimum Gasteiger partial charge on any atom is -0.299 e. The van der Waals surface area contributed by atoms with Crippen molar-refractivity contribution in [2.24, 2.45) is 35.5 Å². The summed E-state index contributed by atoms with van der Waals surface area (Å²) < 4.78 is 0. The maximum atomic E-state index is 11.0. The van der Waals surface area contributed by atoms with Crippen LogP contribution in [0, 0.1) is 35.5 Å². The summed E-state index contributed by atoms with van der Waals surface area (Å²) in [6.07, 6.45) is 7.99. The summed E-state index contributed by atoms with van der Waals surface area (Å²) in [4.78, 5) is 11.0. The normalized spacial score (nSPS) is 11.4. The van der Waals surface area contributed by atoms with Gasteiger partial charge in [0.05, 0.1) is 0 Å². The fourth-order valence-electron chi connectivity index (χ4n) is 1.75. The Balaban J connectivity index is -0.000000291. The van der Waals surface area contributed by atoms with Gasteiger partial charge < -0.3 is 0 Å². The molecule has 0 spiro atoms. The lowest BCUT2D eigenvalue weighted by molar-refractivity contribution is -0.122. The van der Waals surface area contributed by atoms with Crippen LogP contribution in [0.25, 0.3) is 0 Å². The van der Waals surface area contributed by atoms with Crippen molar-refractivity contribution in [1.82, 2.24) is 0 Å². The average Bonchev–Trinajstić information content (AvgIpc) is 2.43. The van der Waals surface area contributed by atoms with E-state index in [1.165, 1.54) is 12.8 Å². The molecule has 0 amide bonds. The summed E-state index contributed by atoms with van der Waals surface area (Å²) in [5.74, 6) is 4.29. The van der Waals surface area contributed by atoms with Crippen molar-refractivity contribution in [2.75, 3.05) is 0 Å². The molecule has 0 saturated carbocycles. The van der Waals surface area contributed by atoms with Crippen LogP contribution in [0.1, 0.15) is 102 Å². The predicted molar refractivity (Wildman–Crippen MR) is 117 cm³/mol. The zero-order valence-corrected chi connectivity index (χ0v) is 19.6. The quantitative estimate of drug-likeness (QED) is 0.401. The van der Waals surface area contributed by atoms with Crippen LogP contribution in [-0.4, -0.2) is 5.78 Å². The van der Waals surface area contributed by atoms with Gasteiger partial charge in [-0.15, -0.1) is 0 Å². The number of hydrogen-bond donors (Lipinski definition) is 0. The van der Waals surface area contributed by atoms with E-state index in [0.29, 0.717) is 23.5 Å². The van der Waals surface area contributed by atoms with Crippen LogP contribution >= 0.6 is 0 Å². The smallest absolute Gasteiger partial charge is 0.135 e. The molecule has 0 unspecified atom stereocenters. The summed E-state index contributed by atoms with van der Waals surface area (Å²) in [6.45, 7) is 25.9. The van der Waals surface area contributed by atoms with Crippen molar-refractivity contribution in [2.45, 2.75) is 102 Å². The second kappa shape index (κ2) is 18.2. The zero-order valence-electron chi connectivity index (χ0n) is 19.6. The van der Waals surface area contributed by atoms with Gasteiger partial charge in [0, 0.05) is 12.3 Å². The largest absolute Gasteiger partial charge is 0.299 e. The van der Waals surface area contributed by atoms with Crippen molar-refractivity contribution in [3.8, 4) is 0 Å². The van der Waals surface area contributed by atoms with Crippen molar-refractivity contribution in [3.05, 3.63) is 12.2 Å². The van der Waals surface area contributed by atoms with Gasteiger partial charge in [-0.2, -0.15) is 0 Å². The Kier molecular flexibility index (Phi) is 21.3. The summed E-state index contributed by atoms with van der Waals surface area (Å²) in [6, 6.07) is 0. The molecule has 0 fully saturated rings. The van der Waals surface area contributed by atoms with Crippen molar-refractivity contribution >= 4 is 5.78 Å². The standard InChI is InChI=1S/C8H16O.C8H18.C8H16/c1-6(2)5-8(9)7(3)4;2*1-7(2)5-6-8(3)4/h6-7H,5H2,1-4H3;7-8H,5-6H2,1-4H3;5-8H,1-4H3. The van der Waals surface area contributed by atoms with Crippen LogP contribution in [-0.2, 0) is 4.79 Å². The van der Waals surface area contributed by atoms with Crippen LogP contribution in [0.5, 0.6) is 0 Å². The Hall–Kier alpha value is -0.590. The molecule has 0 aliphatic rings. The molecule has 152 valence electrons. The first kappa shape index (κ1) is 29.2. The number of Topliss-reactive ketones (excluding diaryl/α,β-unsaturated/α-hetero) is 1. The van der Waals surface area contributed by atoms with Crippen LogP contribution in [0.3, 0.4) is 0 Å². The van der Waals surface area contributed by atoms with E-state index in [1.807, 2.05) is 13.8 Å². The zero-order chi connectivity index (χ0) is 20.6. The lowest BCUT2D eigenvalue weighted by atomic mass is 9.99. The van der Waals surface area contributed by atoms with Gasteiger partial charge in [0.2, 0.25) is 0 Å². The van der Waals surface area contributed by atoms with Crippen LogP contribution in [0.2, 0.25) is 0 Å². The number of hydrogen-bond acceptors (Lipinski definition) is 1. The van der Waals surface area contributed by atoms with Gasteiger partial charge in [-0.25, -0.2) is 0 Å². The van der Waals surface area contributed by atoms with Crippen molar-refractivity contribution in [1.29, 1.82) is 0 Å². The first-order valence-electron chi connectivity index (χ1n) is 10.5. The fraction of sp³-hybridized carbons (Fsp3) is 0.875. The Morgan fingerprint density at radius 2 is 0.920 bits per heavy atom. The number of rotatable bonds is 8. The first-order chi connectivity index (χ1) is 11.3. The predicted octanol–water partition coefficient (Wildman–Crippen LogP) is 8.19. The number of allylic oxidation sites excluding steroid dienone is 2. The van der Waals surface area contributed by atoms with Crippen LogP contribution < -0.4 is 0 Å². The lowest BCUT2D eigenvalue weighted by Crippen LogP contribution is -2.09. The molecule has 0 aromatic rings. The molecule has 0 bridgehead atoms. The minimum absolute atomic E-state index is 0.215. The number of carbonyl (C=O) groups excluding carboxylic acids is 1. The monoisotopic (exact) mass is 354 g/mol. The van der Waals surface area contributed by atoms with Crippen molar-refractivity contribution in [3.63, 3.8) is 0 Å². The summed E-state index contributed by atoms with van der Waals surface area (Å²) in [7, 11) is 0.